The number of methoxy groups -OCH3 is 1. The number of aryl methyl sites for hydroxylation is 1. The molecule has 1 aromatic carbocycles. The van der Waals surface area contributed by atoms with Gasteiger partial charge in [0.25, 0.3) is 5.91 Å². The number of amides is 1. The number of nitrogens with one attached hydrogen (secondary N) is 1. The maximum absolute atomic E-state index is 12.4. The number of hydrogen-bond acceptors (Lipinski definition) is 6. The van der Waals surface area contributed by atoms with Gasteiger partial charge in [-0.3, -0.25) is 4.79 Å². The van der Waals surface area contributed by atoms with Gasteiger partial charge < -0.3 is 9.47 Å². The molecule has 1 heterocycles. The van der Waals surface area contributed by atoms with E-state index in [1.165, 1.54) is 30.4 Å². The van der Waals surface area contributed by atoms with Crippen molar-refractivity contribution in [1.82, 2.24) is 5.43 Å². The van der Waals surface area contributed by atoms with Crippen LogP contribution in [-0.2, 0) is 12.8 Å². The van der Waals surface area contributed by atoms with Crippen molar-refractivity contribution in [2.75, 3.05) is 13.7 Å². The van der Waals surface area contributed by atoms with E-state index < -0.39 is 0 Å². The SMILES string of the molecule is CC[C@H]1CCc2sc(C(=O)N/N=C\c3ccc(OCC#N)c(OC)c3)cc2C1. The number of rotatable bonds is 7. The van der Waals surface area contributed by atoms with Gasteiger partial charge in [-0.1, -0.05) is 13.3 Å². The minimum atomic E-state index is -0.190. The fourth-order valence-corrected chi connectivity index (χ4v) is 4.37. The van der Waals surface area contributed by atoms with E-state index in [-0.39, 0.29) is 12.5 Å². The Morgan fingerprint density at radius 2 is 2.29 bits per heavy atom. The average Bonchev–Trinajstić information content (AvgIpc) is 3.15. The first kappa shape index (κ1) is 19.9. The Morgan fingerprint density at radius 1 is 1.43 bits per heavy atom. The normalized spacial score (nSPS) is 15.7. The summed E-state index contributed by atoms with van der Waals surface area (Å²) < 4.78 is 10.6. The lowest BCUT2D eigenvalue weighted by atomic mass is 9.87. The van der Waals surface area contributed by atoms with E-state index >= 15 is 0 Å². The number of thiophene rings is 1. The van der Waals surface area contributed by atoms with E-state index in [1.807, 2.05) is 12.1 Å². The van der Waals surface area contributed by atoms with Crippen LogP contribution in [0.25, 0.3) is 0 Å². The molecule has 7 heteroatoms. The largest absolute Gasteiger partial charge is 0.493 e. The highest BCUT2D eigenvalue weighted by molar-refractivity contribution is 7.14. The second kappa shape index (κ2) is 9.38. The van der Waals surface area contributed by atoms with Gasteiger partial charge in [0.2, 0.25) is 0 Å². The summed E-state index contributed by atoms with van der Waals surface area (Å²) in [5.41, 5.74) is 4.66. The first-order valence-corrected chi connectivity index (χ1v) is 10.1. The first-order valence-electron chi connectivity index (χ1n) is 9.27. The number of ether oxygens (including phenoxy) is 2. The monoisotopic (exact) mass is 397 g/mol. The van der Waals surface area contributed by atoms with E-state index in [0.29, 0.717) is 16.4 Å². The van der Waals surface area contributed by atoms with E-state index in [2.05, 4.69) is 17.5 Å². The van der Waals surface area contributed by atoms with Crippen LogP contribution < -0.4 is 14.9 Å². The zero-order chi connectivity index (χ0) is 19.9. The number of nitrogens with zero attached hydrogens (tertiary/aromatic N) is 2. The lowest BCUT2D eigenvalue weighted by Gasteiger charge is -2.19. The predicted octanol–water partition coefficient (Wildman–Crippen LogP) is 3.94. The van der Waals surface area contributed by atoms with Crippen LogP contribution in [0.4, 0.5) is 0 Å². The van der Waals surface area contributed by atoms with Crippen LogP contribution in [0.3, 0.4) is 0 Å². The van der Waals surface area contributed by atoms with Gasteiger partial charge in [-0.2, -0.15) is 10.4 Å². The third-order valence-corrected chi connectivity index (χ3v) is 6.08. The highest BCUT2D eigenvalue weighted by Gasteiger charge is 2.21. The summed E-state index contributed by atoms with van der Waals surface area (Å²) >= 11 is 1.57. The van der Waals surface area contributed by atoms with Crippen LogP contribution >= 0.6 is 11.3 Å². The lowest BCUT2D eigenvalue weighted by Crippen LogP contribution is -2.16. The molecule has 0 saturated heterocycles. The zero-order valence-corrected chi connectivity index (χ0v) is 16.8. The van der Waals surface area contributed by atoms with Crippen molar-refractivity contribution in [1.29, 1.82) is 5.26 Å². The Hall–Kier alpha value is -2.85. The Kier molecular flexibility index (Phi) is 6.66. The number of nitriles is 1. The van der Waals surface area contributed by atoms with Crippen LogP contribution in [0.5, 0.6) is 11.5 Å². The Bertz CT molecular complexity index is 914. The van der Waals surface area contributed by atoms with E-state index in [0.717, 1.165) is 24.3 Å². The molecule has 1 aromatic heterocycles. The fourth-order valence-electron chi connectivity index (χ4n) is 3.27. The predicted molar refractivity (Wildman–Crippen MR) is 109 cm³/mol. The van der Waals surface area contributed by atoms with Gasteiger partial charge in [-0.25, -0.2) is 5.43 Å². The molecule has 0 unspecified atom stereocenters. The molecule has 146 valence electrons. The summed E-state index contributed by atoms with van der Waals surface area (Å²) in [4.78, 5) is 14.4. The van der Waals surface area contributed by atoms with Gasteiger partial charge in [0.15, 0.2) is 18.1 Å². The third-order valence-electron chi connectivity index (χ3n) is 4.85. The minimum absolute atomic E-state index is 0.0519. The zero-order valence-electron chi connectivity index (χ0n) is 16.0. The summed E-state index contributed by atoms with van der Waals surface area (Å²) in [7, 11) is 1.53. The Labute approximate surface area is 168 Å². The van der Waals surface area contributed by atoms with Gasteiger partial charge in [0.1, 0.15) is 6.07 Å². The maximum atomic E-state index is 12.4. The summed E-state index contributed by atoms with van der Waals surface area (Å²) in [6.45, 7) is 2.17. The molecule has 1 N–H and O–H groups in total. The molecule has 1 atom stereocenters. The molecule has 0 aliphatic heterocycles. The van der Waals surface area contributed by atoms with Crippen molar-refractivity contribution in [3.63, 3.8) is 0 Å². The lowest BCUT2D eigenvalue weighted by molar-refractivity contribution is 0.0959. The molecule has 0 bridgehead atoms. The smallest absolute Gasteiger partial charge is 0.281 e. The van der Waals surface area contributed by atoms with E-state index in [4.69, 9.17) is 14.7 Å². The van der Waals surface area contributed by atoms with Crippen molar-refractivity contribution in [3.8, 4) is 17.6 Å². The highest BCUT2D eigenvalue weighted by atomic mass is 32.1. The number of hydrogen-bond donors (Lipinski definition) is 1. The third kappa shape index (κ3) is 4.70. The van der Waals surface area contributed by atoms with Gasteiger partial charge >= 0.3 is 0 Å². The first-order chi connectivity index (χ1) is 13.6. The number of carbonyl (C=O) groups excluding carboxylic acids is 1. The van der Waals surface area contributed by atoms with Gasteiger partial charge in [0.05, 0.1) is 18.2 Å². The van der Waals surface area contributed by atoms with Crippen LogP contribution in [0.15, 0.2) is 29.4 Å². The summed E-state index contributed by atoms with van der Waals surface area (Å²) in [6, 6.07) is 9.14. The molecule has 2 aromatic rings. The molecule has 6 nitrogen and oxygen atoms in total. The molecule has 0 fully saturated rings. The molecule has 1 aliphatic carbocycles. The van der Waals surface area contributed by atoms with E-state index in [1.54, 1.807) is 35.8 Å². The van der Waals surface area contributed by atoms with Crippen LogP contribution in [-0.4, -0.2) is 25.8 Å². The molecule has 0 radical (unpaired) electrons. The summed E-state index contributed by atoms with van der Waals surface area (Å²) in [6.07, 6.45) is 6.08. The van der Waals surface area contributed by atoms with Crippen LogP contribution in [0, 0.1) is 17.2 Å². The second-order valence-electron chi connectivity index (χ2n) is 6.63. The molecular formula is C21H23N3O3S. The van der Waals surface area contributed by atoms with Crippen molar-refractivity contribution < 1.29 is 14.3 Å². The topological polar surface area (TPSA) is 83.7 Å². The van der Waals surface area contributed by atoms with Crippen molar-refractivity contribution >= 4 is 23.5 Å². The van der Waals surface area contributed by atoms with E-state index in [9.17, 15) is 4.79 Å². The Morgan fingerprint density at radius 3 is 3.04 bits per heavy atom. The molecule has 28 heavy (non-hydrogen) atoms. The molecular weight excluding hydrogens is 374 g/mol. The maximum Gasteiger partial charge on any atom is 0.281 e. The van der Waals surface area contributed by atoms with Crippen LogP contribution in [0.2, 0.25) is 0 Å². The minimum Gasteiger partial charge on any atom is -0.493 e. The molecule has 1 amide bonds. The molecule has 1 aliphatic rings. The number of fused-ring (bicyclic) bond motifs is 1. The summed E-state index contributed by atoms with van der Waals surface area (Å²) in [5.74, 6) is 1.53. The number of benzene rings is 1. The van der Waals surface area contributed by atoms with Crippen LogP contribution in [0.1, 0.15) is 45.4 Å². The summed E-state index contributed by atoms with van der Waals surface area (Å²) in [5, 5.41) is 12.7. The quantitative estimate of drug-likeness (QED) is 0.567. The van der Waals surface area contributed by atoms with Gasteiger partial charge in [-0.05, 0) is 60.6 Å². The fraction of sp³-hybridized carbons (Fsp3) is 0.381. The average molecular weight is 398 g/mol. The standard InChI is InChI=1S/C21H23N3O3S/c1-3-14-5-7-19-16(10-14)12-20(28-19)21(25)24-23-13-15-4-6-17(27-9-8-22)18(11-15)26-2/h4,6,11-14H,3,5,7,9-10H2,1-2H3,(H,24,25)/b23-13-/t14-/m0/s1. The highest BCUT2D eigenvalue weighted by Crippen LogP contribution is 2.33. The number of hydrazone groups is 1. The molecule has 3 rings (SSSR count). The van der Waals surface area contributed by atoms with Crippen molar-refractivity contribution in [3.05, 3.63) is 45.1 Å². The second-order valence-corrected chi connectivity index (χ2v) is 7.77. The van der Waals surface area contributed by atoms with Crippen molar-refractivity contribution in [2.24, 2.45) is 11.0 Å². The molecule has 0 saturated carbocycles. The van der Waals surface area contributed by atoms with Crippen molar-refractivity contribution in [2.45, 2.75) is 32.6 Å². The Balaban J connectivity index is 1.62. The van der Waals surface area contributed by atoms with Gasteiger partial charge in [0, 0.05) is 4.88 Å². The molecule has 0 spiro atoms. The number of carbonyl (C=O) groups is 1. The van der Waals surface area contributed by atoms with Gasteiger partial charge in [-0.15, -0.1) is 11.3 Å².